The van der Waals surface area contributed by atoms with Gasteiger partial charge in [-0.3, -0.25) is 0 Å². The highest BCUT2D eigenvalue weighted by molar-refractivity contribution is 7.13. The number of hydrogen-bond acceptors (Lipinski definition) is 5. The molecule has 0 N–H and O–H groups in total. The van der Waals surface area contributed by atoms with Gasteiger partial charge in [0.25, 0.3) is 0 Å². The van der Waals surface area contributed by atoms with Crippen LogP contribution in [0.25, 0.3) is 0 Å². The largest absolute Gasteiger partial charge is 0.486 e. The first-order valence-electron chi connectivity index (χ1n) is 6.02. The number of aromatic nitrogens is 1. The van der Waals surface area contributed by atoms with Crippen LogP contribution in [0.5, 0.6) is 5.75 Å². The Labute approximate surface area is 116 Å². The fraction of sp³-hybridized carbons (Fsp3) is 0.286. The number of nitrogens with zero attached hydrogens (tertiary/aromatic N) is 1. The molecule has 5 heteroatoms. The second-order valence-corrected chi connectivity index (χ2v) is 4.93. The van der Waals surface area contributed by atoms with Gasteiger partial charge < -0.3 is 9.47 Å². The molecule has 0 fully saturated rings. The smallest absolute Gasteiger partial charge is 0.350 e. The highest BCUT2D eigenvalue weighted by atomic mass is 32.1. The van der Waals surface area contributed by atoms with Gasteiger partial charge in [-0.15, -0.1) is 11.3 Å². The second kappa shape index (κ2) is 6.33. The van der Waals surface area contributed by atoms with Crippen molar-refractivity contribution in [3.05, 3.63) is 45.9 Å². The molecular weight excluding hydrogens is 262 g/mol. The van der Waals surface area contributed by atoms with E-state index < -0.39 is 0 Å². The SMILES string of the molecule is CCOC(=O)c1sc(COc2ccccc2)nc1C. The predicted molar refractivity (Wildman–Crippen MR) is 73.6 cm³/mol. The van der Waals surface area contributed by atoms with Crippen molar-refractivity contribution in [1.29, 1.82) is 0 Å². The Kier molecular flexibility index (Phi) is 4.52. The lowest BCUT2D eigenvalue weighted by Gasteiger charge is -2.02. The van der Waals surface area contributed by atoms with Gasteiger partial charge in [-0.1, -0.05) is 18.2 Å². The third-order valence-electron chi connectivity index (χ3n) is 2.41. The van der Waals surface area contributed by atoms with Crippen molar-refractivity contribution >= 4 is 17.3 Å². The van der Waals surface area contributed by atoms with Gasteiger partial charge in [-0.2, -0.15) is 0 Å². The first-order valence-corrected chi connectivity index (χ1v) is 6.83. The molecule has 0 aliphatic rings. The van der Waals surface area contributed by atoms with Crippen LogP contribution in [0.4, 0.5) is 0 Å². The number of esters is 1. The van der Waals surface area contributed by atoms with Gasteiger partial charge in [0.2, 0.25) is 0 Å². The summed E-state index contributed by atoms with van der Waals surface area (Å²) in [5.74, 6) is 0.469. The molecule has 0 saturated carbocycles. The minimum atomic E-state index is -0.316. The van der Waals surface area contributed by atoms with E-state index in [1.807, 2.05) is 30.3 Å². The molecule has 0 unspecified atom stereocenters. The van der Waals surface area contributed by atoms with E-state index in [-0.39, 0.29) is 5.97 Å². The van der Waals surface area contributed by atoms with Crippen LogP contribution in [0.1, 0.15) is 27.3 Å². The minimum absolute atomic E-state index is 0.316. The summed E-state index contributed by atoms with van der Waals surface area (Å²) in [4.78, 5) is 16.5. The maximum absolute atomic E-state index is 11.7. The summed E-state index contributed by atoms with van der Waals surface area (Å²) in [7, 11) is 0. The van der Waals surface area contributed by atoms with Crippen molar-refractivity contribution in [2.45, 2.75) is 20.5 Å². The van der Waals surface area contributed by atoms with E-state index in [4.69, 9.17) is 9.47 Å². The first-order chi connectivity index (χ1) is 9.20. The Morgan fingerprint density at radius 2 is 2.05 bits per heavy atom. The van der Waals surface area contributed by atoms with E-state index in [9.17, 15) is 4.79 Å². The predicted octanol–water partition coefficient (Wildman–Crippen LogP) is 3.21. The fourth-order valence-electron chi connectivity index (χ4n) is 1.56. The molecule has 0 amide bonds. The lowest BCUT2D eigenvalue weighted by Crippen LogP contribution is -2.03. The van der Waals surface area contributed by atoms with Gasteiger partial charge in [-0.05, 0) is 26.0 Å². The zero-order valence-corrected chi connectivity index (χ0v) is 11.7. The van der Waals surface area contributed by atoms with E-state index >= 15 is 0 Å². The van der Waals surface area contributed by atoms with Gasteiger partial charge >= 0.3 is 5.97 Å². The van der Waals surface area contributed by atoms with E-state index in [0.29, 0.717) is 23.8 Å². The number of ether oxygens (including phenoxy) is 2. The third kappa shape index (κ3) is 3.54. The zero-order chi connectivity index (χ0) is 13.7. The fourth-order valence-corrected chi connectivity index (χ4v) is 2.43. The third-order valence-corrected chi connectivity index (χ3v) is 3.52. The lowest BCUT2D eigenvalue weighted by molar-refractivity contribution is 0.0531. The lowest BCUT2D eigenvalue weighted by atomic mass is 10.3. The molecule has 0 spiro atoms. The summed E-state index contributed by atoms with van der Waals surface area (Å²) in [6.45, 7) is 4.31. The number of thiazole rings is 1. The summed E-state index contributed by atoms with van der Waals surface area (Å²) < 4.78 is 10.6. The van der Waals surface area contributed by atoms with Crippen LogP contribution in [0.2, 0.25) is 0 Å². The maximum atomic E-state index is 11.7. The quantitative estimate of drug-likeness (QED) is 0.787. The van der Waals surface area contributed by atoms with Crippen LogP contribution < -0.4 is 4.74 Å². The average Bonchev–Trinajstić information content (AvgIpc) is 2.79. The Morgan fingerprint density at radius 1 is 1.32 bits per heavy atom. The summed E-state index contributed by atoms with van der Waals surface area (Å²) in [6, 6.07) is 9.51. The molecule has 0 aliphatic heterocycles. The van der Waals surface area contributed by atoms with Crippen molar-refractivity contribution in [2.75, 3.05) is 6.61 Å². The van der Waals surface area contributed by atoms with Crippen LogP contribution in [0, 0.1) is 6.92 Å². The van der Waals surface area contributed by atoms with Crippen LogP contribution in [-0.4, -0.2) is 17.6 Å². The van der Waals surface area contributed by atoms with E-state index in [1.165, 1.54) is 11.3 Å². The number of aryl methyl sites for hydroxylation is 1. The standard InChI is InChI=1S/C14H15NO3S/c1-3-17-14(16)13-10(2)15-12(19-13)9-18-11-7-5-4-6-8-11/h4-8H,3,9H2,1-2H3. The highest BCUT2D eigenvalue weighted by Crippen LogP contribution is 2.21. The van der Waals surface area contributed by atoms with Gasteiger partial charge in [0.1, 0.15) is 22.2 Å². The molecule has 2 rings (SSSR count). The summed E-state index contributed by atoms with van der Waals surface area (Å²) in [5, 5.41) is 0.768. The van der Waals surface area contributed by atoms with Crippen molar-refractivity contribution in [1.82, 2.24) is 4.98 Å². The van der Waals surface area contributed by atoms with Gasteiger partial charge in [0.15, 0.2) is 0 Å². The first kappa shape index (κ1) is 13.5. The van der Waals surface area contributed by atoms with Crippen LogP contribution in [0.15, 0.2) is 30.3 Å². The number of hydrogen-bond donors (Lipinski definition) is 0. The molecule has 4 nitrogen and oxygen atoms in total. The molecule has 19 heavy (non-hydrogen) atoms. The number of benzene rings is 1. The van der Waals surface area contributed by atoms with Crippen molar-refractivity contribution in [2.24, 2.45) is 0 Å². The van der Waals surface area contributed by atoms with E-state index in [0.717, 1.165) is 10.8 Å². The summed E-state index contributed by atoms with van der Waals surface area (Å²) in [6.07, 6.45) is 0. The monoisotopic (exact) mass is 277 g/mol. The molecule has 0 aliphatic carbocycles. The molecule has 2 aromatic rings. The van der Waals surface area contributed by atoms with Crippen LogP contribution in [-0.2, 0) is 11.3 Å². The topological polar surface area (TPSA) is 48.4 Å². The van der Waals surface area contributed by atoms with E-state index in [2.05, 4.69) is 4.98 Å². The Bertz CT molecular complexity index is 551. The number of carbonyl (C=O) groups is 1. The number of carbonyl (C=O) groups excluding carboxylic acids is 1. The van der Waals surface area contributed by atoms with Gasteiger partial charge in [-0.25, -0.2) is 9.78 Å². The molecule has 0 radical (unpaired) electrons. The van der Waals surface area contributed by atoms with Crippen LogP contribution in [0.3, 0.4) is 0 Å². The molecule has 0 atom stereocenters. The van der Waals surface area contributed by atoms with Gasteiger partial charge in [0.05, 0.1) is 12.3 Å². The average molecular weight is 277 g/mol. The van der Waals surface area contributed by atoms with Crippen LogP contribution >= 0.6 is 11.3 Å². The molecule has 1 aromatic carbocycles. The zero-order valence-electron chi connectivity index (χ0n) is 10.9. The van der Waals surface area contributed by atoms with Crippen molar-refractivity contribution < 1.29 is 14.3 Å². The second-order valence-electron chi connectivity index (χ2n) is 3.84. The Balaban J connectivity index is 2.02. The molecule has 1 heterocycles. The maximum Gasteiger partial charge on any atom is 0.350 e. The number of para-hydroxylation sites is 1. The van der Waals surface area contributed by atoms with E-state index in [1.54, 1.807) is 13.8 Å². The van der Waals surface area contributed by atoms with Gasteiger partial charge in [0, 0.05) is 0 Å². The molecular formula is C14H15NO3S. The summed E-state index contributed by atoms with van der Waals surface area (Å²) >= 11 is 1.32. The van der Waals surface area contributed by atoms with Crippen molar-refractivity contribution in [3.8, 4) is 5.75 Å². The highest BCUT2D eigenvalue weighted by Gasteiger charge is 2.16. The van der Waals surface area contributed by atoms with Crippen molar-refractivity contribution in [3.63, 3.8) is 0 Å². The minimum Gasteiger partial charge on any atom is -0.486 e. The molecule has 1 aromatic heterocycles. The Morgan fingerprint density at radius 3 is 2.74 bits per heavy atom. The molecule has 0 bridgehead atoms. The number of rotatable bonds is 5. The normalized spacial score (nSPS) is 10.2. The summed E-state index contributed by atoms with van der Waals surface area (Å²) in [5.41, 5.74) is 0.690. The Hall–Kier alpha value is -1.88. The molecule has 0 saturated heterocycles. The molecule has 100 valence electrons.